The number of ether oxygens (including phenoxy) is 1. The average Bonchev–Trinajstić information content (AvgIpc) is 2.04. The first-order chi connectivity index (χ1) is 5.72. The van der Waals surface area contributed by atoms with Gasteiger partial charge in [-0.25, -0.2) is 0 Å². The van der Waals surface area contributed by atoms with Crippen LogP contribution in [0.3, 0.4) is 0 Å². The van der Waals surface area contributed by atoms with Crippen LogP contribution in [-0.2, 0) is 4.74 Å². The Morgan fingerprint density at radius 1 is 1.58 bits per heavy atom. The van der Waals surface area contributed by atoms with E-state index in [1.807, 2.05) is 0 Å². The highest BCUT2D eigenvalue weighted by Gasteiger charge is 1.93. The van der Waals surface area contributed by atoms with Crippen molar-refractivity contribution in [1.29, 1.82) is 0 Å². The minimum absolute atomic E-state index is 0.0415. The summed E-state index contributed by atoms with van der Waals surface area (Å²) in [4.78, 5) is 7.71. The van der Waals surface area contributed by atoms with Crippen LogP contribution in [0.1, 0.15) is 6.92 Å². The molecule has 4 heteroatoms. The first-order valence-corrected chi connectivity index (χ1v) is 3.47. The summed E-state index contributed by atoms with van der Waals surface area (Å²) in [6.07, 6.45) is 0. The van der Waals surface area contributed by atoms with E-state index in [2.05, 4.69) is 9.98 Å². The first kappa shape index (κ1) is 8.52. The summed E-state index contributed by atoms with van der Waals surface area (Å²) in [7, 11) is 1.53. The fraction of sp³-hybridized carbons (Fsp3) is 0.250. The van der Waals surface area contributed by atoms with Crippen LogP contribution < -0.4 is 0 Å². The van der Waals surface area contributed by atoms with Crippen LogP contribution in [0.15, 0.2) is 23.2 Å². The molecule has 0 saturated carbocycles. The highest BCUT2D eigenvalue weighted by atomic mass is 16.5. The zero-order valence-corrected chi connectivity index (χ0v) is 6.98. The van der Waals surface area contributed by atoms with Gasteiger partial charge in [0.25, 0.3) is 0 Å². The molecule has 0 amide bonds. The zero-order chi connectivity index (χ0) is 8.97. The third-order valence-electron chi connectivity index (χ3n) is 1.29. The number of methoxy groups -OCH3 is 1. The molecule has 0 fully saturated rings. The summed E-state index contributed by atoms with van der Waals surface area (Å²) in [5.41, 5.74) is 0. The lowest BCUT2D eigenvalue weighted by molar-refractivity contribution is 0.400. The lowest BCUT2D eigenvalue weighted by Crippen LogP contribution is -1.92. The second-order valence-electron chi connectivity index (χ2n) is 2.19. The first-order valence-electron chi connectivity index (χ1n) is 3.47. The Morgan fingerprint density at radius 2 is 2.33 bits per heavy atom. The highest BCUT2D eigenvalue weighted by Crippen LogP contribution is 2.12. The van der Waals surface area contributed by atoms with Crippen LogP contribution in [0.25, 0.3) is 0 Å². The van der Waals surface area contributed by atoms with Crippen molar-refractivity contribution < 1.29 is 9.84 Å². The van der Waals surface area contributed by atoms with Crippen LogP contribution in [-0.4, -0.2) is 23.1 Å². The maximum absolute atomic E-state index is 8.98. The Bertz CT molecular complexity index is 297. The summed E-state index contributed by atoms with van der Waals surface area (Å²) in [5, 5.41) is 8.98. The number of rotatable bonds is 1. The molecule has 0 aliphatic rings. The highest BCUT2D eigenvalue weighted by molar-refractivity contribution is 5.75. The fourth-order valence-electron chi connectivity index (χ4n) is 0.681. The van der Waals surface area contributed by atoms with Crippen LogP contribution >= 0.6 is 0 Å². The quantitative estimate of drug-likeness (QED) is 0.508. The monoisotopic (exact) mass is 166 g/mol. The molecule has 64 valence electrons. The van der Waals surface area contributed by atoms with Gasteiger partial charge in [0, 0.05) is 13.0 Å². The van der Waals surface area contributed by atoms with Crippen LogP contribution in [0.5, 0.6) is 5.88 Å². The number of hydrogen-bond donors (Lipinski definition) is 1. The lowest BCUT2D eigenvalue weighted by atomic mass is 10.4. The summed E-state index contributed by atoms with van der Waals surface area (Å²) < 4.78 is 4.82. The van der Waals surface area contributed by atoms with Gasteiger partial charge < -0.3 is 9.84 Å². The van der Waals surface area contributed by atoms with Crippen molar-refractivity contribution in [3.63, 3.8) is 0 Å². The molecule has 0 saturated heterocycles. The molecule has 1 heterocycles. The van der Waals surface area contributed by atoms with E-state index in [0.717, 1.165) is 0 Å². The van der Waals surface area contributed by atoms with Gasteiger partial charge in [0.2, 0.25) is 5.88 Å². The van der Waals surface area contributed by atoms with E-state index in [0.29, 0.717) is 11.7 Å². The lowest BCUT2D eigenvalue weighted by Gasteiger charge is -1.97. The van der Waals surface area contributed by atoms with E-state index in [-0.39, 0.29) is 5.88 Å². The molecule has 0 unspecified atom stereocenters. The third-order valence-corrected chi connectivity index (χ3v) is 1.29. The Hall–Kier alpha value is -1.58. The third kappa shape index (κ3) is 2.23. The Kier molecular flexibility index (Phi) is 2.63. The molecular weight excluding hydrogens is 156 g/mol. The Morgan fingerprint density at radius 3 is 2.92 bits per heavy atom. The largest absolute Gasteiger partial charge is 0.493 e. The standard InChI is InChI=1S/C8H10N2O2/c1-6(12-2)9-7-4-3-5-8(11)10-7/h3-5H,1-2H3,(H,10,11)/b9-6+. The van der Waals surface area contributed by atoms with Crippen molar-refractivity contribution in [2.75, 3.05) is 7.11 Å². The van der Waals surface area contributed by atoms with Crippen molar-refractivity contribution in [3.8, 4) is 5.88 Å². The van der Waals surface area contributed by atoms with Crippen LogP contribution in [0.4, 0.5) is 5.82 Å². The fourth-order valence-corrected chi connectivity index (χ4v) is 0.681. The smallest absolute Gasteiger partial charge is 0.212 e. The number of aromatic hydroxyl groups is 1. The summed E-state index contributed by atoms with van der Waals surface area (Å²) in [5.74, 6) is 0.905. The van der Waals surface area contributed by atoms with Gasteiger partial charge in [0.1, 0.15) is 0 Å². The van der Waals surface area contributed by atoms with Crippen molar-refractivity contribution in [1.82, 2.24) is 4.98 Å². The van der Waals surface area contributed by atoms with Crippen molar-refractivity contribution in [2.45, 2.75) is 6.92 Å². The minimum atomic E-state index is -0.0415. The van der Waals surface area contributed by atoms with Gasteiger partial charge in [-0.2, -0.15) is 9.98 Å². The molecular formula is C8H10N2O2. The molecule has 1 aromatic heterocycles. The maximum Gasteiger partial charge on any atom is 0.212 e. The molecule has 0 radical (unpaired) electrons. The van der Waals surface area contributed by atoms with Gasteiger partial charge in [0.15, 0.2) is 11.7 Å². The molecule has 0 atom stereocenters. The molecule has 12 heavy (non-hydrogen) atoms. The van der Waals surface area contributed by atoms with Crippen molar-refractivity contribution in [3.05, 3.63) is 18.2 Å². The van der Waals surface area contributed by atoms with E-state index >= 15 is 0 Å². The van der Waals surface area contributed by atoms with Gasteiger partial charge in [-0.05, 0) is 6.07 Å². The molecule has 4 nitrogen and oxygen atoms in total. The van der Waals surface area contributed by atoms with E-state index in [9.17, 15) is 0 Å². The van der Waals surface area contributed by atoms with E-state index in [1.165, 1.54) is 13.2 Å². The maximum atomic E-state index is 8.98. The van der Waals surface area contributed by atoms with E-state index < -0.39 is 0 Å². The molecule has 1 N–H and O–H groups in total. The second-order valence-corrected chi connectivity index (χ2v) is 2.19. The van der Waals surface area contributed by atoms with Crippen molar-refractivity contribution in [2.24, 2.45) is 4.99 Å². The Balaban J connectivity index is 2.89. The van der Waals surface area contributed by atoms with Gasteiger partial charge in [0.05, 0.1) is 7.11 Å². The van der Waals surface area contributed by atoms with E-state index in [1.54, 1.807) is 19.1 Å². The molecule has 0 bridgehead atoms. The molecule has 1 rings (SSSR count). The number of aromatic nitrogens is 1. The minimum Gasteiger partial charge on any atom is -0.493 e. The van der Waals surface area contributed by atoms with Gasteiger partial charge >= 0.3 is 0 Å². The number of nitrogens with zero attached hydrogens (tertiary/aromatic N) is 2. The van der Waals surface area contributed by atoms with Crippen LogP contribution in [0, 0.1) is 0 Å². The molecule has 0 aliphatic carbocycles. The number of hydrogen-bond acceptors (Lipinski definition) is 4. The SMILES string of the molecule is CO/C(C)=N/c1cccc(O)n1. The zero-order valence-electron chi connectivity index (χ0n) is 6.98. The Labute approximate surface area is 70.5 Å². The van der Waals surface area contributed by atoms with Gasteiger partial charge in [-0.3, -0.25) is 0 Å². The van der Waals surface area contributed by atoms with Crippen molar-refractivity contribution >= 4 is 11.7 Å². The second kappa shape index (κ2) is 3.71. The summed E-state index contributed by atoms with van der Waals surface area (Å²) in [6.45, 7) is 1.71. The summed E-state index contributed by atoms with van der Waals surface area (Å²) >= 11 is 0. The normalized spacial score (nSPS) is 11.3. The molecule has 0 aliphatic heterocycles. The molecule has 1 aromatic rings. The number of pyridine rings is 1. The number of aliphatic imine (C=N–C) groups is 1. The predicted molar refractivity (Wildman–Crippen MR) is 45.7 cm³/mol. The molecule has 0 aromatic carbocycles. The summed E-state index contributed by atoms with van der Waals surface area (Å²) in [6, 6.07) is 4.84. The van der Waals surface area contributed by atoms with Gasteiger partial charge in [-0.1, -0.05) is 6.07 Å². The molecule has 0 spiro atoms. The topological polar surface area (TPSA) is 54.7 Å². The predicted octanol–water partition coefficient (Wildman–Crippen LogP) is 1.48. The van der Waals surface area contributed by atoms with Crippen LogP contribution in [0.2, 0.25) is 0 Å². The van der Waals surface area contributed by atoms with Gasteiger partial charge in [-0.15, -0.1) is 0 Å². The average molecular weight is 166 g/mol. The van der Waals surface area contributed by atoms with E-state index in [4.69, 9.17) is 9.84 Å².